The number of nitrogens with zero attached hydrogens (tertiary/aromatic N) is 1. The first kappa shape index (κ1) is 19.4. The van der Waals surface area contributed by atoms with Crippen LogP contribution in [0, 0.1) is 5.92 Å². The molecular weight excluding hydrogens is 358 g/mol. The maximum absolute atomic E-state index is 12.5. The predicted molar refractivity (Wildman–Crippen MR) is 106 cm³/mol. The largest absolute Gasteiger partial charge is 0.497 e. The zero-order valence-corrected chi connectivity index (χ0v) is 15.9. The Bertz CT molecular complexity index is 897. The summed E-state index contributed by atoms with van der Waals surface area (Å²) in [7, 11) is 1.59. The van der Waals surface area contributed by atoms with Crippen LogP contribution >= 0.6 is 0 Å². The molecule has 1 heterocycles. The molecule has 1 unspecified atom stereocenters. The maximum atomic E-state index is 12.5. The predicted octanol–water partition coefficient (Wildman–Crippen LogP) is 2.32. The van der Waals surface area contributed by atoms with Crippen molar-refractivity contribution >= 4 is 29.1 Å². The highest BCUT2D eigenvalue weighted by Crippen LogP contribution is 2.27. The second-order valence-electron chi connectivity index (χ2n) is 6.71. The first-order valence-electron chi connectivity index (χ1n) is 9.05. The third kappa shape index (κ3) is 4.68. The second-order valence-corrected chi connectivity index (χ2v) is 6.71. The van der Waals surface area contributed by atoms with Crippen molar-refractivity contribution in [3.8, 4) is 5.75 Å². The fourth-order valence-corrected chi connectivity index (χ4v) is 3.20. The van der Waals surface area contributed by atoms with E-state index in [-0.39, 0.29) is 24.1 Å². The number of rotatable bonds is 6. The highest BCUT2D eigenvalue weighted by Gasteiger charge is 2.35. The molecule has 146 valence electrons. The van der Waals surface area contributed by atoms with Gasteiger partial charge in [-0.05, 0) is 35.9 Å². The minimum absolute atomic E-state index is 0.110. The monoisotopic (exact) mass is 381 g/mol. The Balaban J connectivity index is 1.62. The zero-order valence-electron chi connectivity index (χ0n) is 15.9. The van der Waals surface area contributed by atoms with Crippen LogP contribution in [-0.4, -0.2) is 31.4 Å². The van der Waals surface area contributed by atoms with E-state index in [1.54, 1.807) is 36.3 Å². The Labute approximate surface area is 163 Å². The molecule has 3 rings (SSSR count). The lowest BCUT2D eigenvalue weighted by atomic mass is 10.1. The second kappa shape index (κ2) is 8.56. The average molecular weight is 381 g/mol. The van der Waals surface area contributed by atoms with Gasteiger partial charge in [-0.25, -0.2) is 0 Å². The number of ether oxygens (including phenoxy) is 1. The topological polar surface area (TPSA) is 87.7 Å². The van der Waals surface area contributed by atoms with Crippen LogP contribution in [0.2, 0.25) is 0 Å². The number of hydrogen-bond acceptors (Lipinski definition) is 4. The summed E-state index contributed by atoms with van der Waals surface area (Å²) in [4.78, 5) is 37.8. The van der Waals surface area contributed by atoms with Crippen LogP contribution in [0.3, 0.4) is 0 Å². The number of carbonyl (C=O) groups is 3. The molecule has 1 aliphatic heterocycles. The van der Waals surface area contributed by atoms with Gasteiger partial charge in [-0.1, -0.05) is 18.2 Å². The molecule has 0 bridgehead atoms. The van der Waals surface area contributed by atoms with Crippen LogP contribution in [0.4, 0.5) is 11.4 Å². The maximum Gasteiger partial charge on any atom is 0.227 e. The quantitative estimate of drug-likeness (QED) is 0.804. The van der Waals surface area contributed by atoms with Crippen LogP contribution in [-0.2, 0) is 20.9 Å². The van der Waals surface area contributed by atoms with E-state index < -0.39 is 5.92 Å². The third-order valence-corrected chi connectivity index (χ3v) is 4.57. The molecule has 0 spiro atoms. The smallest absolute Gasteiger partial charge is 0.227 e. The molecule has 2 aromatic carbocycles. The van der Waals surface area contributed by atoms with Crippen molar-refractivity contribution in [2.24, 2.45) is 5.92 Å². The average Bonchev–Trinajstić information content (AvgIpc) is 3.08. The van der Waals surface area contributed by atoms with Crippen molar-refractivity contribution in [2.75, 3.05) is 23.9 Å². The van der Waals surface area contributed by atoms with Gasteiger partial charge in [0.15, 0.2) is 0 Å². The molecule has 7 nitrogen and oxygen atoms in total. The van der Waals surface area contributed by atoms with Crippen LogP contribution in [0.1, 0.15) is 18.9 Å². The van der Waals surface area contributed by atoms with Gasteiger partial charge in [-0.2, -0.15) is 0 Å². The Morgan fingerprint density at radius 3 is 2.71 bits per heavy atom. The van der Waals surface area contributed by atoms with Gasteiger partial charge < -0.3 is 20.3 Å². The number of methoxy groups -OCH3 is 1. The number of benzene rings is 2. The zero-order chi connectivity index (χ0) is 20.1. The van der Waals surface area contributed by atoms with E-state index in [1.165, 1.54) is 6.92 Å². The van der Waals surface area contributed by atoms with Crippen molar-refractivity contribution in [3.63, 3.8) is 0 Å². The van der Waals surface area contributed by atoms with Gasteiger partial charge in [0.2, 0.25) is 17.7 Å². The summed E-state index contributed by atoms with van der Waals surface area (Å²) in [5.74, 6) is -0.131. The molecule has 0 saturated carbocycles. The van der Waals surface area contributed by atoms with Gasteiger partial charge in [-0.15, -0.1) is 0 Å². The van der Waals surface area contributed by atoms with Crippen LogP contribution in [0.5, 0.6) is 5.75 Å². The summed E-state index contributed by atoms with van der Waals surface area (Å²) < 4.78 is 5.18. The minimum atomic E-state index is -0.414. The van der Waals surface area contributed by atoms with E-state index in [4.69, 9.17) is 4.74 Å². The Kier molecular flexibility index (Phi) is 5.93. The van der Waals surface area contributed by atoms with Gasteiger partial charge in [0, 0.05) is 37.8 Å². The number of amides is 3. The summed E-state index contributed by atoms with van der Waals surface area (Å²) in [5, 5.41) is 5.59. The van der Waals surface area contributed by atoms with Gasteiger partial charge >= 0.3 is 0 Å². The number of carbonyl (C=O) groups excluding carboxylic acids is 3. The Hall–Kier alpha value is -3.35. The molecule has 28 heavy (non-hydrogen) atoms. The van der Waals surface area contributed by atoms with Crippen LogP contribution in [0.25, 0.3) is 0 Å². The van der Waals surface area contributed by atoms with Crippen molar-refractivity contribution in [1.29, 1.82) is 0 Å². The molecule has 1 atom stereocenters. The van der Waals surface area contributed by atoms with E-state index in [0.717, 1.165) is 11.3 Å². The van der Waals surface area contributed by atoms with Gasteiger partial charge in [0.25, 0.3) is 0 Å². The Morgan fingerprint density at radius 2 is 1.96 bits per heavy atom. The number of nitrogens with one attached hydrogen (secondary N) is 2. The lowest BCUT2D eigenvalue weighted by molar-refractivity contribution is -0.126. The highest BCUT2D eigenvalue weighted by atomic mass is 16.5. The summed E-state index contributed by atoms with van der Waals surface area (Å²) >= 11 is 0. The molecule has 2 aromatic rings. The molecule has 0 radical (unpaired) electrons. The van der Waals surface area contributed by atoms with Crippen LogP contribution in [0.15, 0.2) is 48.5 Å². The molecule has 3 amide bonds. The summed E-state index contributed by atoms with van der Waals surface area (Å²) in [6, 6.07) is 14.5. The molecule has 0 aliphatic carbocycles. The standard InChI is InChI=1S/C21H23N3O4/c1-14(25)23-17-6-4-7-18(11-17)24-13-16(10-20(24)26)21(27)22-12-15-5-3-8-19(9-15)28-2/h3-9,11,16H,10,12-13H2,1-2H3,(H,22,27)(H,23,25). The highest BCUT2D eigenvalue weighted by molar-refractivity contribution is 6.01. The van der Waals surface area contributed by atoms with E-state index in [9.17, 15) is 14.4 Å². The van der Waals surface area contributed by atoms with Gasteiger partial charge in [0.05, 0.1) is 13.0 Å². The number of hydrogen-bond donors (Lipinski definition) is 2. The number of anilines is 2. The first-order chi connectivity index (χ1) is 13.5. The molecule has 1 saturated heterocycles. The van der Waals surface area contributed by atoms with Crippen molar-refractivity contribution in [1.82, 2.24) is 5.32 Å². The summed E-state index contributed by atoms with van der Waals surface area (Å²) in [6.07, 6.45) is 0.161. The molecule has 1 aliphatic rings. The molecule has 2 N–H and O–H groups in total. The third-order valence-electron chi connectivity index (χ3n) is 4.57. The van der Waals surface area contributed by atoms with Crippen molar-refractivity contribution in [3.05, 3.63) is 54.1 Å². The fourth-order valence-electron chi connectivity index (χ4n) is 3.20. The van der Waals surface area contributed by atoms with E-state index in [2.05, 4.69) is 10.6 Å². The molecule has 0 aromatic heterocycles. The van der Waals surface area contributed by atoms with Gasteiger partial charge in [0.1, 0.15) is 5.75 Å². The molecule has 7 heteroatoms. The van der Waals surface area contributed by atoms with E-state index in [0.29, 0.717) is 24.5 Å². The van der Waals surface area contributed by atoms with Gasteiger partial charge in [-0.3, -0.25) is 14.4 Å². The van der Waals surface area contributed by atoms with Crippen molar-refractivity contribution in [2.45, 2.75) is 19.9 Å². The summed E-state index contributed by atoms with van der Waals surface area (Å²) in [5.41, 5.74) is 2.21. The lowest BCUT2D eigenvalue weighted by Gasteiger charge is -2.18. The van der Waals surface area contributed by atoms with Crippen molar-refractivity contribution < 1.29 is 19.1 Å². The summed E-state index contributed by atoms with van der Waals surface area (Å²) in [6.45, 7) is 2.11. The SMILES string of the molecule is COc1cccc(CNC(=O)C2CC(=O)N(c3cccc(NC(C)=O)c3)C2)c1. The fraction of sp³-hybridized carbons (Fsp3) is 0.286. The normalized spacial score (nSPS) is 16.0. The first-order valence-corrected chi connectivity index (χ1v) is 9.05. The van der Waals surface area contributed by atoms with Crippen LogP contribution < -0.4 is 20.3 Å². The Morgan fingerprint density at radius 1 is 1.18 bits per heavy atom. The minimum Gasteiger partial charge on any atom is -0.497 e. The molecular formula is C21H23N3O4. The van der Waals surface area contributed by atoms with E-state index in [1.807, 2.05) is 24.3 Å². The van der Waals surface area contributed by atoms with E-state index >= 15 is 0 Å². The molecule has 1 fully saturated rings. The lowest BCUT2D eigenvalue weighted by Crippen LogP contribution is -2.32.